The molecule has 0 saturated heterocycles. The van der Waals surface area contributed by atoms with E-state index in [1.807, 2.05) is 34.6 Å². The minimum Gasteiger partial charge on any atom is -0.464 e. The highest BCUT2D eigenvalue weighted by molar-refractivity contribution is 5.86. The third-order valence-electron chi connectivity index (χ3n) is 4.25. The number of aryl methyl sites for hydroxylation is 3. The summed E-state index contributed by atoms with van der Waals surface area (Å²) in [5.41, 5.74) is 4.43. The van der Waals surface area contributed by atoms with Crippen molar-refractivity contribution in [2.45, 2.75) is 60.4 Å². The molecule has 0 aliphatic heterocycles. The number of rotatable bonds is 7. The summed E-state index contributed by atoms with van der Waals surface area (Å²) in [6.45, 7) is 12.1. The first-order valence-electron chi connectivity index (χ1n) is 8.32. The Kier molecular flexibility index (Phi) is 7.27. The van der Waals surface area contributed by atoms with Gasteiger partial charge in [-0.1, -0.05) is 38.0 Å². The van der Waals surface area contributed by atoms with Crippen molar-refractivity contribution in [3.63, 3.8) is 0 Å². The zero-order valence-electron chi connectivity index (χ0n) is 15.2. The van der Waals surface area contributed by atoms with Gasteiger partial charge in [-0.2, -0.15) is 0 Å². The third kappa shape index (κ3) is 5.38. The van der Waals surface area contributed by atoms with Crippen molar-refractivity contribution in [2.24, 2.45) is 5.92 Å². The predicted octanol–water partition coefficient (Wildman–Crippen LogP) is 3.25. The van der Waals surface area contributed by atoms with Crippen LogP contribution in [-0.2, 0) is 20.7 Å². The number of carbonyl (C=O) groups is 2. The maximum absolute atomic E-state index is 12.4. The molecule has 2 unspecified atom stereocenters. The van der Waals surface area contributed by atoms with Gasteiger partial charge in [-0.15, -0.1) is 0 Å². The molecule has 0 bridgehead atoms. The summed E-state index contributed by atoms with van der Waals surface area (Å²) >= 11 is 0. The van der Waals surface area contributed by atoms with E-state index in [2.05, 4.69) is 17.4 Å². The van der Waals surface area contributed by atoms with Crippen molar-refractivity contribution in [1.82, 2.24) is 5.32 Å². The highest BCUT2D eigenvalue weighted by atomic mass is 16.5. The molecule has 1 aromatic rings. The topological polar surface area (TPSA) is 55.4 Å². The summed E-state index contributed by atoms with van der Waals surface area (Å²) in [4.78, 5) is 24.5. The normalized spacial score (nSPS) is 13.3. The Labute approximate surface area is 139 Å². The fourth-order valence-electron chi connectivity index (χ4n) is 2.78. The second-order valence-corrected chi connectivity index (χ2v) is 6.24. The molecule has 1 amide bonds. The maximum Gasteiger partial charge on any atom is 0.328 e. The van der Waals surface area contributed by atoms with Gasteiger partial charge >= 0.3 is 5.97 Å². The van der Waals surface area contributed by atoms with Gasteiger partial charge < -0.3 is 10.1 Å². The average molecular weight is 319 g/mol. The van der Waals surface area contributed by atoms with Crippen LogP contribution in [0.1, 0.15) is 49.4 Å². The van der Waals surface area contributed by atoms with Crippen molar-refractivity contribution >= 4 is 11.9 Å². The van der Waals surface area contributed by atoms with E-state index in [1.165, 1.54) is 5.56 Å². The van der Waals surface area contributed by atoms with E-state index >= 15 is 0 Å². The second kappa shape index (κ2) is 8.70. The molecule has 0 heterocycles. The summed E-state index contributed by atoms with van der Waals surface area (Å²) < 4.78 is 5.09. The van der Waals surface area contributed by atoms with Gasteiger partial charge in [0, 0.05) is 0 Å². The van der Waals surface area contributed by atoms with Gasteiger partial charge in [0.2, 0.25) is 5.91 Å². The molecule has 23 heavy (non-hydrogen) atoms. The van der Waals surface area contributed by atoms with Gasteiger partial charge in [0.05, 0.1) is 13.0 Å². The molecule has 0 radical (unpaired) electrons. The number of ether oxygens (including phenoxy) is 1. The van der Waals surface area contributed by atoms with Crippen LogP contribution in [0.4, 0.5) is 0 Å². The smallest absolute Gasteiger partial charge is 0.328 e. The first-order valence-corrected chi connectivity index (χ1v) is 8.32. The molecule has 0 aliphatic rings. The van der Waals surface area contributed by atoms with Crippen LogP contribution in [0, 0.1) is 26.7 Å². The van der Waals surface area contributed by atoms with E-state index in [0.717, 1.165) is 23.1 Å². The summed E-state index contributed by atoms with van der Waals surface area (Å²) in [6, 6.07) is 3.57. The largest absolute Gasteiger partial charge is 0.464 e. The third-order valence-corrected chi connectivity index (χ3v) is 4.25. The van der Waals surface area contributed by atoms with E-state index in [9.17, 15) is 9.59 Å². The SMILES string of the molecule is CCOC(=O)C(NC(=O)Cc1c(C)cc(C)cc1C)C(C)CC. The minimum atomic E-state index is -0.585. The summed E-state index contributed by atoms with van der Waals surface area (Å²) in [6.07, 6.45) is 1.08. The number of hydrogen-bond donors (Lipinski definition) is 1. The van der Waals surface area contributed by atoms with E-state index in [1.54, 1.807) is 6.92 Å². The van der Waals surface area contributed by atoms with E-state index in [-0.39, 0.29) is 24.2 Å². The molecule has 1 aromatic carbocycles. The Morgan fingerprint density at radius 3 is 2.17 bits per heavy atom. The molecule has 1 N–H and O–H groups in total. The summed E-state index contributed by atoms with van der Waals surface area (Å²) in [5, 5.41) is 2.86. The van der Waals surface area contributed by atoms with Crippen LogP contribution in [0.25, 0.3) is 0 Å². The van der Waals surface area contributed by atoms with Gasteiger partial charge in [0.25, 0.3) is 0 Å². The van der Waals surface area contributed by atoms with E-state index in [4.69, 9.17) is 4.74 Å². The predicted molar refractivity (Wildman–Crippen MR) is 92.4 cm³/mol. The number of benzene rings is 1. The number of nitrogens with one attached hydrogen (secondary N) is 1. The molecule has 0 aromatic heterocycles. The molecule has 4 nitrogen and oxygen atoms in total. The molecule has 4 heteroatoms. The van der Waals surface area contributed by atoms with Crippen LogP contribution >= 0.6 is 0 Å². The molecule has 0 spiro atoms. The van der Waals surface area contributed by atoms with Gasteiger partial charge in [0.15, 0.2) is 0 Å². The van der Waals surface area contributed by atoms with Crippen LogP contribution in [0.15, 0.2) is 12.1 Å². The fraction of sp³-hybridized carbons (Fsp3) is 0.579. The van der Waals surface area contributed by atoms with Gasteiger partial charge in [-0.3, -0.25) is 4.79 Å². The lowest BCUT2D eigenvalue weighted by atomic mass is 9.96. The van der Waals surface area contributed by atoms with Gasteiger partial charge in [0.1, 0.15) is 6.04 Å². The lowest BCUT2D eigenvalue weighted by molar-refractivity contribution is -0.148. The quantitative estimate of drug-likeness (QED) is 0.785. The van der Waals surface area contributed by atoms with E-state index < -0.39 is 6.04 Å². The van der Waals surface area contributed by atoms with Crippen LogP contribution in [-0.4, -0.2) is 24.5 Å². The Bertz CT molecular complexity index is 543. The standard InChI is InChI=1S/C19H29NO3/c1-7-13(4)18(19(22)23-8-2)20-17(21)11-16-14(5)9-12(3)10-15(16)6/h9-10,13,18H,7-8,11H2,1-6H3,(H,20,21). The lowest BCUT2D eigenvalue weighted by Gasteiger charge is -2.23. The van der Waals surface area contributed by atoms with Gasteiger partial charge in [-0.05, 0) is 50.3 Å². The van der Waals surface area contributed by atoms with Crippen molar-refractivity contribution in [2.75, 3.05) is 6.61 Å². The van der Waals surface area contributed by atoms with Crippen molar-refractivity contribution < 1.29 is 14.3 Å². The molecular weight excluding hydrogens is 290 g/mol. The number of amides is 1. The van der Waals surface area contributed by atoms with Crippen molar-refractivity contribution in [3.05, 3.63) is 34.4 Å². The molecule has 0 aliphatic carbocycles. The number of esters is 1. The van der Waals surface area contributed by atoms with Crippen molar-refractivity contribution in [1.29, 1.82) is 0 Å². The number of carbonyl (C=O) groups excluding carboxylic acids is 2. The molecule has 1 rings (SSSR count). The molecule has 2 atom stereocenters. The Morgan fingerprint density at radius 1 is 1.13 bits per heavy atom. The highest BCUT2D eigenvalue weighted by Gasteiger charge is 2.27. The van der Waals surface area contributed by atoms with Crippen LogP contribution in [0.3, 0.4) is 0 Å². The average Bonchev–Trinajstić information content (AvgIpc) is 2.47. The monoisotopic (exact) mass is 319 g/mol. The lowest BCUT2D eigenvalue weighted by Crippen LogP contribution is -2.46. The maximum atomic E-state index is 12.4. The first kappa shape index (κ1) is 19.2. The first-order chi connectivity index (χ1) is 10.8. The van der Waals surface area contributed by atoms with Crippen LogP contribution < -0.4 is 5.32 Å². The summed E-state index contributed by atoms with van der Waals surface area (Å²) in [7, 11) is 0. The minimum absolute atomic E-state index is 0.0400. The molecular formula is C19H29NO3. The number of hydrogen-bond acceptors (Lipinski definition) is 3. The Morgan fingerprint density at radius 2 is 1.70 bits per heavy atom. The van der Waals surface area contributed by atoms with Crippen LogP contribution in [0.5, 0.6) is 0 Å². The molecule has 128 valence electrons. The second-order valence-electron chi connectivity index (χ2n) is 6.24. The van der Waals surface area contributed by atoms with Gasteiger partial charge in [-0.25, -0.2) is 4.79 Å². The molecule has 0 fully saturated rings. The Balaban J connectivity index is 2.86. The van der Waals surface area contributed by atoms with E-state index in [0.29, 0.717) is 6.61 Å². The molecule has 0 saturated carbocycles. The fourth-order valence-corrected chi connectivity index (χ4v) is 2.78. The zero-order chi connectivity index (χ0) is 17.6. The Hall–Kier alpha value is -1.84. The van der Waals surface area contributed by atoms with Crippen molar-refractivity contribution in [3.8, 4) is 0 Å². The zero-order valence-corrected chi connectivity index (χ0v) is 15.2. The summed E-state index contributed by atoms with van der Waals surface area (Å²) in [5.74, 6) is -0.454. The van der Waals surface area contributed by atoms with Crippen LogP contribution in [0.2, 0.25) is 0 Å². The highest BCUT2D eigenvalue weighted by Crippen LogP contribution is 2.17.